The van der Waals surface area contributed by atoms with Crippen LogP contribution in [0.25, 0.3) is 22.3 Å². The van der Waals surface area contributed by atoms with E-state index in [1.54, 1.807) is 12.1 Å². The first-order chi connectivity index (χ1) is 15.0. The van der Waals surface area contributed by atoms with E-state index < -0.39 is 11.6 Å². The van der Waals surface area contributed by atoms with Crippen molar-refractivity contribution in [2.45, 2.75) is 25.4 Å². The molecule has 0 unspecified atom stereocenters. The molecule has 1 amide bonds. The van der Waals surface area contributed by atoms with E-state index in [9.17, 15) is 14.3 Å². The van der Waals surface area contributed by atoms with Gasteiger partial charge in [-0.2, -0.15) is 5.10 Å². The van der Waals surface area contributed by atoms with Gasteiger partial charge in [-0.1, -0.05) is 0 Å². The fourth-order valence-corrected chi connectivity index (χ4v) is 4.48. The molecule has 5 rings (SSSR count). The fourth-order valence-electron chi connectivity index (χ4n) is 4.48. The van der Waals surface area contributed by atoms with Crippen molar-refractivity contribution in [1.82, 2.24) is 25.4 Å². The Morgan fingerprint density at radius 2 is 2.10 bits per heavy atom. The zero-order chi connectivity index (χ0) is 21.6. The third-order valence-electron chi connectivity index (χ3n) is 6.28. The number of carbonyl (C=O) groups is 1. The molecule has 1 aromatic carbocycles. The van der Waals surface area contributed by atoms with Gasteiger partial charge in [0.05, 0.1) is 34.5 Å². The second-order valence-corrected chi connectivity index (χ2v) is 8.25. The van der Waals surface area contributed by atoms with Crippen molar-refractivity contribution < 1.29 is 19.0 Å². The largest absolute Gasteiger partial charge is 0.505 e. The normalized spacial score (nSPS) is 18.6. The van der Waals surface area contributed by atoms with E-state index in [4.69, 9.17) is 4.74 Å². The lowest BCUT2D eigenvalue weighted by Crippen LogP contribution is -2.56. The molecule has 3 N–H and O–H groups in total. The standard InChI is InChI=1S/C22H24FN5O3/c1-13-19-15(21(30)28-7-4-22(5-8-28)12-24-6-9-31-22)11-17(25-20(19)27-26-13)14-2-3-18(29)16(23)10-14/h2-3,10-11,24,29H,4-9,12H2,1H3,(H,25,26,27). The minimum absolute atomic E-state index is 0.101. The van der Waals surface area contributed by atoms with Crippen LogP contribution in [0.3, 0.4) is 0 Å². The zero-order valence-electron chi connectivity index (χ0n) is 17.2. The lowest BCUT2D eigenvalue weighted by Gasteiger charge is -2.44. The Morgan fingerprint density at radius 3 is 2.81 bits per heavy atom. The summed E-state index contributed by atoms with van der Waals surface area (Å²) in [5, 5.41) is 20.6. The van der Waals surface area contributed by atoms with Crippen LogP contribution < -0.4 is 5.32 Å². The van der Waals surface area contributed by atoms with E-state index in [2.05, 4.69) is 20.5 Å². The lowest BCUT2D eigenvalue weighted by molar-refractivity contribution is -0.0954. The van der Waals surface area contributed by atoms with Crippen LogP contribution in [0, 0.1) is 12.7 Å². The molecule has 8 nitrogen and oxygen atoms in total. The van der Waals surface area contributed by atoms with Gasteiger partial charge in [0, 0.05) is 31.7 Å². The molecule has 2 fully saturated rings. The van der Waals surface area contributed by atoms with Crippen molar-refractivity contribution in [3.63, 3.8) is 0 Å². The number of aromatic hydroxyl groups is 1. The summed E-state index contributed by atoms with van der Waals surface area (Å²) in [4.78, 5) is 19.9. The van der Waals surface area contributed by atoms with E-state index in [0.29, 0.717) is 53.2 Å². The van der Waals surface area contributed by atoms with Crippen LogP contribution in [0.2, 0.25) is 0 Å². The highest BCUT2D eigenvalue weighted by Crippen LogP contribution is 2.32. The molecule has 1 spiro atoms. The average Bonchev–Trinajstić information content (AvgIpc) is 3.16. The maximum Gasteiger partial charge on any atom is 0.254 e. The van der Waals surface area contributed by atoms with E-state index in [0.717, 1.165) is 25.9 Å². The number of aryl methyl sites for hydroxylation is 1. The van der Waals surface area contributed by atoms with Crippen LogP contribution in [0.1, 0.15) is 28.9 Å². The maximum atomic E-state index is 13.9. The number of benzene rings is 1. The van der Waals surface area contributed by atoms with Gasteiger partial charge in [0.15, 0.2) is 17.2 Å². The smallest absolute Gasteiger partial charge is 0.254 e. The van der Waals surface area contributed by atoms with Crippen molar-refractivity contribution in [2.24, 2.45) is 0 Å². The highest BCUT2D eigenvalue weighted by atomic mass is 19.1. The number of nitrogens with one attached hydrogen (secondary N) is 2. The van der Waals surface area contributed by atoms with Gasteiger partial charge in [0.25, 0.3) is 5.91 Å². The van der Waals surface area contributed by atoms with Crippen LogP contribution >= 0.6 is 0 Å². The quantitative estimate of drug-likeness (QED) is 0.583. The molecule has 0 bridgehead atoms. The van der Waals surface area contributed by atoms with Gasteiger partial charge in [0.2, 0.25) is 0 Å². The van der Waals surface area contributed by atoms with Gasteiger partial charge in [-0.3, -0.25) is 9.89 Å². The van der Waals surface area contributed by atoms with Gasteiger partial charge in [-0.15, -0.1) is 0 Å². The number of carbonyl (C=O) groups excluding carboxylic acids is 1. The molecule has 9 heteroatoms. The number of piperidine rings is 1. The summed E-state index contributed by atoms with van der Waals surface area (Å²) in [6, 6.07) is 5.74. The summed E-state index contributed by atoms with van der Waals surface area (Å²) >= 11 is 0. The summed E-state index contributed by atoms with van der Waals surface area (Å²) < 4.78 is 20.0. The van der Waals surface area contributed by atoms with Gasteiger partial charge in [-0.25, -0.2) is 9.37 Å². The van der Waals surface area contributed by atoms with Crippen LogP contribution in [0.4, 0.5) is 4.39 Å². The van der Waals surface area contributed by atoms with Crippen LogP contribution in [-0.2, 0) is 4.74 Å². The Bertz CT molecular complexity index is 1150. The number of aromatic nitrogens is 3. The number of hydrogen-bond donors (Lipinski definition) is 3. The highest BCUT2D eigenvalue weighted by Gasteiger charge is 2.38. The number of hydrogen-bond acceptors (Lipinski definition) is 6. The van der Waals surface area contributed by atoms with E-state index in [-0.39, 0.29) is 11.5 Å². The molecular formula is C22H24FN5O3. The predicted octanol–water partition coefficient (Wildman–Crippen LogP) is 2.37. The van der Waals surface area contributed by atoms with Crippen LogP contribution in [0.5, 0.6) is 5.75 Å². The minimum Gasteiger partial charge on any atom is -0.505 e. The number of amides is 1. The summed E-state index contributed by atoms with van der Waals surface area (Å²) in [7, 11) is 0. The molecule has 0 atom stereocenters. The minimum atomic E-state index is -0.740. The van der Waals surface area contributed by atoms with E-state index in [1.165, 1.54) is 12.1 Å². The Labute approximate surface area is 178 Å². The first-order valence-electron chi connectivity index (χ1n) is 10.4. The SMILES string of the molecule is Cc1n[nH]c2nc(-c3ccc(O)c(F)c3)cc(C(=O)N3CCC4(CC3)CNCCO4)c12. The number of rotatable bonds is 2. The number of aromatic amines is 1. The van der Waals surface area contributed by atoms with Gasteiger partial charge in [0.1, 0.15) is 0 Å². The molecule has 2 aromatic heterocycles. The number of likely N-dealkylation sites (tertiary alicyclic amines) is 1. The number of pyridine rings is 1. The van der Waals surface area contributed by atoms with Crippen molar-refractivity contribution in [2.75, 3.05) is 32.8 Å². The van der Waals surface area contributed by atoms with Gasteiger partial charge >= 0.3 is 0 Å². The monoisotopic (exact) mass is 425 g/mol. The van der Waals surface area contributed by atoms with Crippen molar-refractivity contribution >= 4 is 16.9 Å². The second kappa shape index (κ2) is 7.58. The lowest BCUT2D eigenvalue weighted by atomic mass is 9.89. The third-order valence-corrected chi connectivity index (χ3v) is 6.28. The van der Waals surface area contributed by atoms with Gasteiger partial charge in [-0.05, 0) is 44.0 Å². The number of phenolic OH excluding ortho intramolecular Hbond substituents is 1. The first kappa shape index (κ1) is 19.9. The number of H-pyrrole nitrogens is 1. The zero-order valence-corrected chi connectivity index (χ0v) is 17.2. The average molecular weight is 425 g/mol. The van der Waals surface area contributed by atoms with Crippen LogP contribution in [0.15, 0.2) is 24.3 Å². The number of morpholine rings is 1. The molecule has 2 saturated heterocycles. The fraction of sp³-hybridized carbons (Fsp3) is 0.409. The summed E-state index contributed by atoms with van der Waals surface area (Å²) in [6.07, 6.45) is 1.56. The summed E-state index contributed by atoms with van der Waals surface area (Å²) in [6.45, 7) is 5.39. The Kier molecular flexibility index (Phi) is 4.86. The van der Waals surface area contributed by atoms with Crippen molar-refractivity contribution in [3.05, 3.63) is 41.3 Å². The molecular weight excluding hydrogens is 401 g/mol. The molecule has 2 aliphatic rings. The molecule has 0 saturated carbocycles. The van der Waals surface area contributed by atoms with E-state index in [1.807, 2.05) is 11.8 Å². The first-order valence-corrected chi connectivity index (χ1v) is 10.4. The molecule has 0 radical (unpaired) electrons. The van der Waals surface area contributed by atoms with Gasteiger partial charge < -0.3 is 20.1 Å². The Morgan fingerprint density at radius 1 is 1.29 bits per heavy atom. The Balaban J connectivity index is 1.49. The summed E-state index contributed by atoms with van der Waals surface area (Å²) in [5.74, 6) is -1.27. The second-order valence-electron chi connectivity index (χ2n) is 8.25. The topological polar surface area (TPSA) is 103 Å². The van der Waals surface area contributed by atoms with Crippen molar-refractivity contribution in [1.29, 1.82) is 0 Å². The number of phenols is 1. The summed E-state index contributed by atoms with van der Waals surface area (Å²) in [5.41, 5.74) is 2.36. The van der Waals surface area contributed by atoms with E-state index >= 15 is 0 Å². The number of fused-ring (bicyclic) bond motifs is 1. The Hall–Kier alpha value is -3.04. The van der Waals surface area contributed by atoms with Crippen LogP contribution in [-0.4, -0.2) is 69.5 Å². The predicted molar refractivity (Wildman–Crippen MR) is 112 cm³/mol. The molecule has 4 heterocycles. The maximum absolute atomic E-state index is 13.9. The molecule has 3 aromatic rings. The number of nitrogens with zero attached hydrogens (tertiary/aromatic N) is 3. The molecule has 0 aliphatic carbocycles. The molecule has 2 aliphatic heterocycles. The number of ether oxygens (including phenoxy) is 1. The molecule has 162 valence electrons. The van der Waals surface area contributed by atoms with Crippen molar-refractivity contribution in [3.8, 4) is 17.0 Å². The third kappa shape index (κ3) is 3.53. The molecule has 31 heavy (non-hydrogen) atoms. The number of halogens is 1. The highest BCUT2D eigenvalue weighted by molar-refractivity contribution is 6.07.